The standard InChI is InChI=1S/C17H27BrN4O2Si.C17H20N6O/c1-17(2,3)21-16(23)12-10-22(11-24-7-8-25(4,5)6)15-14(12)20-13(18)9-19-15;1-17(2,3)22-16(24)12-9-19-15-14(12)21-13(10-20-15)23(4)11-6-5-7-18-8-11/h9-10H,7-8,11H2,1-6H3,(H,21,23);5-10H,1-4H3,(H,19,20)(H,22,24). The molecule has 5 heterocycles. The molecule has 0 aliphatic rings. The number of aromatic amines is 1. The number of H-pyrrole nitrogens is 1. The molecule has 0 atom stereocenters. The van der Waals surface area contributed by atoms with E-state index in [1.165, 1.54) is 0 Å². The van der Waals surface area contributed by atoms with E-state index in [0.29, 0.717) is 57.2 Å². The van der Waals surface area contributed by atoms with E-state index in [1.54, 1.807) is 37.2 Å². The van der Waals surface area contributed by atoms with Gasteiger partial charge in [0.05, 0.1) is 35.4 Å². The minimum Gasteiger partial charge on any atom is -0.361 e. The number of anilines is 2. The number of nitrogens with zero attached hydrogens (tertiary/aromatic N) is 7. The second-order valence-electron chi connectivity index (χ2n) is 15.0. The summed E-state index contributed by atoms with van der Waals surface area (Å²) < 4.78 is 8.26. The number of fused-ring (bicyclic) bond motifs is 2. The third-order valence-electron chi connectivity index (χ3n) is 6.97. The van der Waals surface area contributed by atoms with Gasteiger partial charge in [-0.25, -0.2) is 19.9 Å². The Bertz CT molecular complexity index is 1910. The highest BCUT2D eigenvalue weighted by atomic mass is 79.9. The Morgan fingerprint density at radius 2 is 1.63 bits per heavy atom. The summed E-state index contributed by atoms with van der Waals surface area (Å²) in [5.74, 6) is 0.301. The van der Waals surface area contributed by atoms with E-state index < -0.39 is 8.07 Å². The Kier molecular flexibility index (Phi) is 11.6. The van der Waals surface area contributed by atoms with Crippen LogP contribution < -0.4 is 15.5 Å². The van der Waals surface area contributed by atoms with Gasteiger partial charge in [-0.1, -0.05) is 19.6 Å². The molecule has 2 amide bonds. The van der Waals surface area contributed by atoms with Gasteiger partial charge in [-0.15, -0.1) is 0 Å². The van der Waals surface area contributed by atoms with Crippen molar-refractivity contribution in [3.63, 3.8) is 0 Å². The van der Waals surface area contributed by atoms with Crippen LogP contribution in [-0.2, 0) is 11.5 Å². The molecule has 0 aliphatic heterocycles. The normalized spacial score (nSPS) is 12.1. The third kappa shape index (κ3) is 10.6. The van der Waals surface area contributed by atoms with Gasteiger partial charge in [0.15, 0.2) is 17.1 Å². The van der Waals surface area contributed by atoms with Crippen LogP contribution in [0.4, 0.5) is 11.5 Å². The average molecular weight is 752 g/mol. The van der Waals surface area contributed by atoms with Crippen molar-refractivity contribution in [2.45, 2.75) is 85.0 Å². The summed E-state index contributed by atoms with van der Waals surface area (Å²) >= 11 is 3.33. The third-order valence-corrected chi connectivity index (χ3v) is 9.06. The first-order valence-corrected chi connectivity index (χ1v) is 20.5. The molecule has 0 bridgehead atoms. The van der Waals surface area contributed by atoms with E-state index in [-0.39, 0.29) is 22.9 Å². The SMILES string of the molecule is CC(C)(C)NC(=O)c1cn(COCC[Si](C)(C)C)c2ncc(Br)nc12.CN(c1cccnc1)c1cnc2[nH]cc(C(=O)NC(C)(C)C)c2n1. The van der Waals surface area contributed by atoms with Gasteiger partial charge in [-0.05, 0) is 75.6 Å². The fourth-order valence-corrected chi connectivity index (χ4v) is 5.59. The summed E-state index contributed by atoms with van der Waals surface area (Å²) in [6.07, 6.45) is 10.2. The molecule has 13 nitrogen and oxygen atoms in total. The largest absolute Gasteiger partial charge is 0.361 e. The number of carbonyl (C=O) groups excluding carboxylic acids is 2. The van der Waals surface area contributed by atoms with Crippen molar-refractivity contribution in [3.05, 3.63) is 65.0 Å². The zero-order valence-corrected chi connectivity index (χ0v) is 32.6. The number of halogens is 1. The zero-order chi connectivity index (χ0) is 36.1. The van der Waals surface area contributed by atoms with Crippen molar-refractivity contribution >= 4 is 69.7 Å². The number of amides is 2. The first-order valence-electron chi connectivity index (χ1n) is 16.0. The van der Waals surface area contributed by atoms with Gasteiger partial charge >= 0.3 is 0 Å². The van der Waals surface area contributed by atoms with Gasteiger partial charge in [-0.2, -0.15) is 0 Å². The van der Waals surface area contributed by atoms with E-state index in [9.17, 15) is 9.59 Å². The van der Waals surface area contributed by atoms with Crippen molar-refractivity contribution in [2.75, 3.05) is 18.6 Å². The van der Waals surface area contributed by atoms with Gasteiger partial charge in [0, 0.05) is 51.4 Å². The van der Waals surface area contributed by atoms with Crippen molar-refractivity contribution < 1.29 is 14.3 Å². The molecule has 0 aromatic carbocycles. The van der Waals surface area contributed by atoms with Gasteiger partial charge in [-0.3, -0.25) is 14.6 Å². The Hall–Kier alpha value is -4.21. The van der Waals surface area contributed by atoms with Crippen molar-refractivity contribution in [1.29, 1.82) is 0 Å². The zero-order valence-electron chi connectivity index (χ0n) is 30.0. The summed E-state index contributed by atoms with van der Waals surface area (Å²) in [6.45, 7) is 19.7. The molecule has 0 radical (unpaired) electrons. The molecule has 0 saturated carbocycles. The molecule has 5 aromatic heterocycles. The molecular weight excluding hydrogens is 704 g/mol. The topological polar surface area (TPSA) is 156 Å². The summed E-state index contributed by atoms with van der Waals surface area (Å²) in [6, 6.07) is 4.89. The quantitative estimate of drug-likeness (QED) is 0.110. The lowest BCUT2D eigenvalue weighted by Crippen LogP contribution is -2.40. The lowest BCUT2D eigenvalue weighted by Gasteiger charge is -2.20. The summed E-state index contributed by atoms with van der Waals surface area (Å²) in [7, 11) is 0.755. The predicted octanol–water partition coefficient (Wildman–Crippen LogP) is 6.68. The number of nitrogens with one attached hydrogen (secondary N) is 3. The van der Waals surface area contributed by atoms with E-state index in [2.05, 4.69) is 76.1 Å². The van der Waals surface area contributed by atoms with Crippen LogP contribution in [0.5, 0.6) is 0 Å². The van der Waals surface area contributed by atoms with E-state index in [4.69, 9.17) is 4.74 Å². The maximum atomic E-state index is 12.6. The smallest absolute Gasteiger partial charge is 0.255 e. The van der Waals surface area contributed by atoms with Crippen LogP contribution in [0.25, 0.3) is 22.3 Å². The van der Waals surface area contributed by atoms with Gasteiger partial charge < -0.3 is 29.8 Å². The fourth-order valence-electron chi connectivity index (χ4n) is 4.55. The molecule has 0 spiro atoms. The number of rotatable bonds is 9. The van der Waals surface area contributed by atoms with Crippen LogP contribution in [0.1, 0.15) is 62.3 Å². The number of aromatic nitrogens is 7. The molecule has 49 heavy (non-hydrogen) atoms. The second-order valence-corrected chi connectivity index (χ2v) is 21.5. The van der Waals surface area contributed by atoms with E-state index >= 15 is 0 Å². The molecule has 0 aliphatic carbocycles. The highest BCUT2D eigenvalue weighted by Gasteiger charge is 2.23. The van der Waals surface area contributed by atoms with Crippen LogP contribution in [0.3, 0.4) is 0 Å². The monoisotopic (exact) mass is 750 g/mol. The van der Waals surface area contributed by atoms with Gasteiger partial charge in [0.25, 0.3) is 11.8 Å². The van der Waals surface area contributed by atoms with Gasteiger partial charge in [0.2, 0.25) is 0 Å². The summed E-state index contributed by atoms with van der Waals surface area (Å²) in [5.41, 5.74) is 3.59. The minimum atomic E-state index is -1.13. The first kappa shape index (κ1) is 37.6. The molecule has 0 fully saturated rings. The number of carbonyl (C=O) groups is 2. The molecular formula is C34H47BrN10O3Si. The van der Waals surface area contributed by atoms with Crippen LogP contribution >= 0.6 is 15.9 Å². The molecule has 262 valence electrons. The molecule has 3 N–H and O–H groups in total. The highest BCUT2D eigenvalue weighted by molar-refractivity contribution is 9.10. The Morgan fingerprint density at radius 3 is 2.24 bits per heavy atom. The number of hydrogen-bond donors (Lipinski definition) is 3. The Morgan fingerprint density at radius 1 is 0.959 bits per heavy atom. The predicted molar refractivity (Wildman–Crippen MR) is 200 cm³/mol. The highest BCUT2D eigenvalue weighted by Crippen LogP contribution is 2.24. The molecule has 0 saturated heterocycles. The molecule has 5 rings (SSSR count). The van der Waals surface area contributed by atoms with Crippen molar-refractivity contribution in [2.24, 2.45) is 0 Å². The number of ether oxygens (including phenoxy) is 1. The van der Waals surface area contributed by atoms with E-state index in [1.807, 2.05) is 70.2 Å². The van der Waals surface area contributed by atoms with Crippen LogP contribution in [0, 0.1) is 0 Å². The minimum absolute atomic E-state index is 0.161. The first-order chi connectivity index (χ1) is 22.8. The molecule has 0 unspecified atom stereocenters. The van der Waals surface area contributed by atoms with Gasteiger partial charge in [0.1, 0.15) is 22.4 Å². The number of pyridine rings is 1. The second kappa shape index (κ2) is 15.1. The van der Waals surface area contributed by atoms with Crippen molar-refractivity contribution in [3.8, 4) is 0 Å². The average Bonchev–Trinajstić information content (AvgIpc) is 3.59. The molecule has 5 aromatic rings. The number of hydrogen-bond acceptors (Lipinski definition) is 9. The maximum absolute atomic E-state index is 12.6. The lowest BCUT2D eigenvalue weighted by molar-refractivity contribution is 0.0884. The Labute approximate surface area is 296 Å². The Balaban J connectivity index is 0.000000221. The molecule has 15 heteroatoms. The van der Waals surface area contributed by atoms with E-state index in [0.717, 1.165) is 11.7 Å². The van der Waals surface area contributed by atoms with Crippen LogP contribution in [0.15, 0.2) is 53.9 Å². The van der Waals surface area contributed by atoms with Crippen LogP contribution in [0.2, 0.25) is 25.7 Å². The fraction of sp³-hybridized carbons (Fsp3) is 0.441. The summed E-state index contributed by atoms with van der Waals surface area (Å²) in [5, 5.41) is 5.92. The van der Waals surface area contributed by atoms with Crippen LogP contribution in [-0.4, -0.2) is 79.1 Å². The maximum Gasteiger partial charge on any atom is 0.255 e. The summed E-state index contributed by atoms with van der Waals surface area (Å²) in [4.78, 5) is 51.9. The van der Waals surface area contributed by atoms with Crippen molar-refractivity contribution in [1.82, 2.24) is 45.1 Å². The lowest BCUT2D eigenvalue weighted by atomic mass is 10.1.